The van der Waals surface area contributed by atoms with Crippen LogP contribution in [-0.4, -0.2) is 49.3 Å². The summed E-state index contributed by atoms with van der Waals surface area (Å²) < 4.78 is 1.34. The Morgan fingerprint density at radius 3 is 2.26 bits per heavy atom. The van der Waals surface area contributed by atoms with Crippen molar-refractivity contribution in [3.63, 3.8) is 0 Å². The molecule has 0 unspecified atom stereocenters. The monoisotopic (exact) mass is 472 g/mol. The Morgan fingerprint density at radius 1 is 0.852 bits per heavy atom. The first-order valence-electron chi connectivity index (χ1n) is 9.92. The molecule has 2 fully saturated rings. The number of likely N-dealkylation sites (tertiary alicyclic amines) is 2. The second-order valence-corrected chi connectivity index (χ2v) is 9.87. The van der Waals surface area contributed by atoms with E-state index < -0.39 is 0 Å². The van der Waals surface area contributed by atoms with Crippen LogP contribution in [0.25, 0.3) is 0 Å². The smallest absolute Gasteiger partial charge is 0.0901 e. The number of fused-ring (bicyclic) bond motifs is 7. The number of benzene rings is 2. The average molecular weight is 472 g/mol. The number of hydrogen-bond acceptors (Lipinski definition) is 4. The van der Waals surface area contributed by atoms with Crippen molar-refractivity contribution in [2.24, 2.45) is 0 Å². The fraction of sp³-hybridized carbons (Fsp3) is 0.455. The molecule has 4 atom stereocenters. The molecule has 0 saturated carbocycles. The number of nitrogens with zero attached hydrogens (tertiary/aromatic N) is 2. The molecule has 2 aromatic rings. The van der Waals surface area contributed by atoms with Gasteiger partial charge >= 0.3 is 0 Å². The van der Waals surface area contributed by atoms with Crippen LogP contribution >= 0.6 is 22.6 Å². The van der Waals surface area contributed by atoms with E-state index in [0.29, 0.717) is 12.3 Å². The molecule has 0 radical (unpaired) electrons. The summed E-state index contributed by atoms with van der Waals surface area (Å²) in [4.78, 5) is 5.08. The molecule has 6 rings (SSSR count). The lowest BCUT2D eigenvalue weighted by Crippen LogP contribution is -2.60. The first-order valence-corrected chi connectivity index (χ1v) is 11.0. The van der Waals surface area contributed by atoms with Gasteiger partial charge in [-0.1, -0.05) is 30.3 Å². The fourth-order valence-electron chi connectivity index (χ4n) is 6.76. The lowest BCUT2D eigenvalue weighted by atomic mass is 9.55. The zero-order valence-electron chi connectivity index (χ0n) is 15.8. The van der Waals surface area contributed by atoms with E-state index in [4.69, 9.17) is 0 Å². The van der Waals surface area contributed by atoms with E-state index >= 15 is 0 Å². The quantitative estimate of drug-likeness (QED) is 0.621. The standard InChI is InChI=1S/C22H25IN4/c1-26-12-10-21(14-6-3-4-9-17(14)24-19(21)26)22-11-13-27(2)20(22)25-18-15(22)7-5-8-16(18)23/h3-9,19-20,24-25H,10-13H2,1-2H3/t19-,20+,21+,22-/m1/s1. The highest BCUT2D eigenvalue weighted by atomic mass is 127. The highest BCUT2D eigenvalue weighted by Crippen LogP contribution is 2.66. The number of anilines is 2. The van der Waals surface area contributed by atoms with E-state index in [1.54, 1.807) is 0 Å². The molecule has 27 heavy (non-hydrogen) atoms. The first kappa shape index (κ1) is 16.6. The lowest BCUT2D eigenvalue weighted by molar-refractivity contribution is 0.147. The zero-order valence-corrected chi connectivity index (χ0v) is 18.0. The molecule has 4 aliphatic heterocycles. The van der Waals surface area contributed by atoms with Crippen LogP contribution in [0.15, 0.2) is 42.5 Å². The summed E-state index contributed by atoms with van der Waals surface area (Å²) in [6.07, 6.45) is 3.11. The summed E-state index contributed by atoms with van der Waals surface area (Å²) in [5, 5.41) is 7.87. The molecule has 2 saturated heterocycles. The van der Waals surface area contributed by atoms with Crippen LogP contribution in [0, 0.1) is 3.57 Å². The lowest BCUT2D eigenvalue weighted by Gasteiger charge is -2.48. The second kappa shape index (κ2) is 5.39. The highest BCUT2D eigenvalue weighted by molar-refractivity contribution is 14.1. The Morgan fingerprint density at radius 2 is 1.48 bits per heavy atom. The maximum absolute atomic E-state index is 3.96. The minimum atomic E-state index is 0.0906. The third-order valence-corrected chi connectivity index (χ3v) is 8.70. The molecule has 0 bridgehead atoms. The van der Waals surface area contributed by atoms with Crippen molar-refractivity contribution in [1.82, 2.24) is 9.80 Å². The molecule has 5 heteroatoms. The van der Waals surface area contributed by atoms with Gasteiger partial charge in [-0.05, 0) is 72.8 Å². The molecule has 0 amide bonds. The molecule has 2 aromatic carbocycles. The van der Waals surface area contributed by atoms with Crippen molar-refractivity contribution in [3.8, 4) is 0 Å². The molecule has 4 aliphatic rings. The molecule has 140 valence electrons. The van der Waals surface area contributed by atoms with Gasteiger partial charge in [0.15, 0.2) is 0 Å². The van der Waals surface area contributed by atoms with Crippen molar-refractivity contribution in [3.05, 3.63) is 57.2 Å². The zero-order chi connectivity index (χ0) is 18.4. The van der Waals surface area contributed by atoms with Crippen LogP contribution in [0.5, 0.6) is 0 Å². The summed E-state index contributed by atoms with van der Waals surface area (Å²) in [6, 6.07) is 15.9. The normalized spacial score (nSPS) is 36.7. The van der Waals surface area contributed by atoms with Crippen molar-refractivity contribution in [2.75, 3.05) is 37.8 Å². The van der Waals surface area contributed by atoms with E-state index in [1.807, 2.05) is 0 Å². The number of nitrogens with one attached hydrogen (secondary N) is 2. The largest absolute Gasteiger partial charge is 0.369 e. The van der Waals surface area contributed by atoms with E-state index in [1.165, 1.54) is 38.9 Å². The van der Waals surface area contributed by atoms with Crippen LogP contribution in [0.2, 0.25) is 0 Å². The van der Waals surface area contributed by atoms with Crippen LogP contribution in [0.3, 0.4) is 0 Å². The van der Waals surface area contributed by atoms with Crippen molar-refractivity contribution >= 4 is 34.0 Å². The van der Waals surface area contributed by atoms with Crippen LogP contribution in [-0.2, 0) is 10.8 Å². The number of rotatable bonds is 1. The number of para-hydroxylation sites is 2. The Labute approximate surface area is 174 Å². The van der Waals surface area contributed by atoms with Gasteiger partial charge in [-0.15, -0.1) is 0 Å². The Balaban J connectivity index is 1.68. The van der Waals surface area contributed by atoms with Crippen molar-refractivity contribution < 1.29 is 0 Å². The molecule has 4 nitrogen and oxygen atoms in total. The molecular weight excluding hydrogens is 447 g/mol. The van der Waals surface area contributed by atoms with Gasteiger partial charge < -0.3 is 10.6 Å². The third-order valence-electron chi connectivity index (χ3n) is 7.80. The van der Waals surface area contributed by atoms with Crippen molar-refractivity contribution in [1.29, 1.82) is 0 Å². The van der Waals surface area contributed by atoms with Gasteiger partial charge in [-0.25, -0.2) is 0 Å². The van der Waals surface area contributed by atoms with Gasteiger partial charge in [0.2, 0.25) is 0 Å². The Bertz CT molecular complexity index is 946. The van der Waals surface area contributed by atoms with Gasteiger partial charge in [-0.3, -0.25) is 9.80 Å². The highest BCUT2D eigenvalue weighted by Gasteiger charge is 2.71. The number of hydrogen-bond donors (Lipinski definition) is 2. The first-order chi connectivity index (χ1) is 13.1. The summed E-state index contributed by atoms with van der Waals surface area (Å²) in [7, 11) is 4.57. The van der Waals surface area contributed by atoms with Crippen LogP contribution in [0.1, 0.15) is 24.0 Å². The topological polar surface area (TPSA) is 30.5 Å². The molecular formula is C22H25IN4. The van der Waals surface area contributed by atoms with Gasteiger partial charge in [-0.2, -0.15) is 0 Å². The summed E-state index contributed by atoms with van der Waals surface area (Å²) in [5.74, 6) is 0. The van der Waals surface area contributed by atoms with Gasteiger partial charge in [0, 0.05) is 33.2 Å². The molecule has 2 N–H and O–H groups in total. The second-order valence-electron chi connectivity index (χ2n) is 8.71. The summed E-state index contributed by atoms with van der Waals surface area (Å²) in [6.45, 7) is 2.28. The number of halogens is 1. The predicted molar refractivity (Wildman–Crippen MR) is 118 cm³/mol. The van der Waals surface area contributed by atoms with E-state index in [-0.39, 0.29) is 10.8 Å². The van der Waals surface area contributed by atoms with E-state index in [9.17, 15) is 0 Å². The van der Waals surface area contributed by atoms with E-state index in [2.05, 4.69) is 99.6 Å². The van der Waals surface area contributed by atoms with Crippen LogP contribution in [0.4, 0.5) is 11.4 Å². The van der Waals surface area contributed by atoms with E-state index in [0.717, 1.165) is 13.1 Å². The number of likely N-dealkylation sites (N-methyl/N-ethyl adjacent to an activating group) is 2. The maximum atomic E-state index is 3.96. The average Bonchev–Trinajstić information content (AvgIpc) is 3.37. The summed E-state index contributed by atoms with van der Waals surface area (Å²) in [5.41, 5.74) is 5.93. The van der Waals surface area contributed by atoms with Gasteiger partial charge in [0.25, 0.3) is 0 Å². The molecule has 0 aromatic heterocycles. The maximum Gasteiger partial charge on any atom is 0.0901 e. The molecule has 0 spiro atoms. The van der Waals surface area contributed by atoms with Gasteiger partial charge in [0.05, 0.1) is 18.0 Å². The minimum Gasteiger partial charge on any atom is -0.369 e. The molecule has 0 aliphatic carbocycles. The van der Waals surface area contributed by atoms with Crippen LogP contribution < -0.4 is 10.6 Å². The molecule has 4 heterocycles. The Hall–Kier alpha value is -1.31. The fourth-order valence-corrected chi connectivity index (χ4v) is 7.41. The van der Waals surface area contributed by atoms with Gasteiger partial charge in [0.1, 0.15) is 0 Å². The predicted octanol–water partition coefficient (Wildman–Crippen LogP) is 3.64. The van der Waals surface area contributed by atoms with Crippen molar-refractivity contribution in [2.45, 2.75) is 36.0 Å². The SMILES string of the molecule is CN1CC[C@]2([C@@]34CCN(C)[C@@H]3Nc3c(I)cccc34)c3ccccc3N[C@H]12. The Kier molecular flexibility index (Phi) is 3.32. The third kappa shape index (κ3) is 1.77. The summed E-state index contributed by atoms with van der Waals surface area (Å²) >= 11 is 2.50. The minimum absolute atomic E-state index is 0.0906.